The van der Waals surface area contributed by atoms with Crippen LogP contribution in [0.15, 0.2) is 23.1 Å². The molecule has 1 aromatic carbocycles. The van der Waals surface area contributed by atoms with Crippen molar-refractivity contribution in [3.63, 3.8) is 0 Å². The van der Waals surface area contributed by atoms with Gasteiger partial charge in [-0.15, -0.1) is 11.8 Å². The molecule has 1 unspecified atom stereocenters. The number of nitrogens with two attached hydrogens (primary N) is 1. The van der Waals surface area contributed by atoms with Crippen LogP contribution < -0.4 is 5.73 Å². The standard InChI is InChI=1S/C13H18F3NS/c1-3-9(2)18-12-5-4-10(6-7-17)8-11(12)13(14,15)16/h4-5,8-9H,3,6-7,17H2,1-2H3. The highest BCUT2D eigenvalue weighted by Crippen LogP contribution is 2.39. The Balaban J connectivity index is 3.09. The lowest BCUT2D eigenvalue weighted by Crippen LogP contribution is -2.10. The van der Waals surface area contributed by atoms with Gasteiger partial charge in [-0.25, -0.2) is 0 Å². The van der Waals surface area contributed by atoms with Gasteiger partial charge in [-0.2, -0.15) is 13.2 Å². The lowest BCUT2D eigenvalue weighted by Gasteiger charge is -2.16. The smallest absolute Gasteiger partial charge is 0.330 e. The average molecular weight is 277 g/mol. The van der Waals surface area contributed by atoms with Crippen LogP contribution in [0.4, 0.5) is 13.2 Å². The van der Waals surface area contributed by atoms with E-state index in [0.29, 0.717) is 23.4 Å². The van der Waals surface area contributed by atoms with E-state index in [0.717, 1.165) is 6.42 Å². The van der Waals surface area contributed by atoms with Crippen molar-refractivity contribution >= 4 is 11.8 Å². The average Bonchev–Trinajstić information content (AvgIpc) is 2.30. The highest BCUT2D eigenvalue weighted by Gasteiger charge is 2.34. The van der Waals surface area contributed by atoms with E-state index in [1.165, 1.54) is 17.8 Å². The van der Waals surface area contributed by atoms with Crippen molar-refractivity contribution in [3.05, 3.63) is 29.3 Å². The Bertz CT molecular complexity index is 390. The Morgan fingerprint density at radius 3 is 2.50 bits per heavy atom. The van der Waals surface area contributed by atoms with Gasteiger partial charge >= 0.3 is 6.18 Å². The molecular weight excluding hydrogens is 259 g/mol. The maximum Gasteiger partial charge on any atom is 0.417 e. The van der Waals surface area contributed by atoms with Gasteiger partial charge in [0, 0.05) is 10.1 Å². The number of halogens is 3. The maximum absolute atomic E-state index is 13.0. The first-order valence-electron chi connectivity index (χ1n) is 5.95. The molecular formula is C13H18F3NS. The van der Waals surface area contributed by atoms with Crippen LogP contribution in [0.3, 0.4) is 0 Å². The van der Waals surface area contributed by atoms with Gasteiger partial charge in [-0.1, -0.05) is 19.9 Å². The largest absolute Gasteiger partial charge is 0.417 e. The Labute approximate surface area is 110 Å². The van der Waals surface area contributed by atoms with Crippen LogP contribution in [0.25, 0.3) is 0 Å². The molecule has 2 N–H and O–H groups in total. The summed E-state index contributed by atoms with van der Waals surface area (Å²) >= 11 is 1.27. The molecule has 0 aliphatic rings. The van der Waals surface area contributed by atoms with E-state index in [1.54, 1.807) is 12.1 Å². The highest BCUT2D eigenvalue weighted by molar-refractivity contribution is 8.00. The number of hydrogen-bond acceptors (Lipinski definition) is 2. The molecule has 1 rings (SSSR count). The summed E-state index contributed by atoms with van der Waals surface area (Å²) in [7, 11) is 0. The lowest BCUT2D eigenvalue weighted by atomic mass is 10.1. The van der Waals surface area contributed by atoms with Crippen molar-refractivity contribution < 1.29 is 13.2 Å². The van der Waals surface area contributed by atoms with E-state index in [2.05, 4.69) is 0 Å². The van der Waals surface area contributed by atoms with Gasteiger partial charge < -0.3 is 5.73 Å². The van der Waals surface area contributed by atoms with Gasteiger partial charge in [0.25, 0.3) is 0 Å². The molecule has 1 aromatic rings. The molecule has 0 saturated carbocycles. The second-order valence-corrected chi connectivity index (χ2v) is 5.68. The summed E-state index contributed by atoms with van der Waals surface area (Å²) in [6, 6.07) is 4.51. The molecule has 18 heavy (non-hydrogen) atoms. The SMILES string of the molecule is CCC(C)Sc1ccc(CCN)cc1C(F)(F)F. The Hall–Kier alpha value is -0.680. The fraction of sp³-hybridized carbons (Fsp3) is 0.538. The van der Waals surface area contributed by atoms with Gasteiger partial charge in [0.05, 0.1) is 5.56 Å². The molecule has 5 heteroatoms. The minimum Gasteiger partial charge on any atom is -0.330 e. The zero-order valence-electron chi connectivity index (χ0n) is 10.6. The molecule has 0 fully saturated rings. The maximum atomic E-state index is 13.0. The van der Waals surface area contributed by atoms with Gasteiger partial charge in [-0.3, -0.25) is 0 Å². The van der Waals surface area contributed by atoms with E-state index in [4.69, 9.17) is 5.73 Å². The van der Waals surface area contributed by atoms with Crippen LogP contribution >= 0.6 is 11.8 Å². The van der Waals surface area contributed by atoms with Crippen molar-refractivity contribution in [2.45, 2.75) is 43.0 Å². The van der Waals surface area contributed by atoms with Crippen LogP contribution in [-0.2, 0) is 12.6 Å². The van der Waals surface area contributed by atoms with Gasteiger partial charge in [0.1, 0.15) is 0 Å². The zero-order chi connectivity index (χ0) is 13.8. The fourth-order valence-electron chi connectivity index (χ4n) is 1.52. The summed E-state index contributed by atoms with van der Waals surface area (Å²) in [6.45, 7) is 4.25. The molecule has 0 aliphatic heterocycles. The van der Waals surface area contributed by atoms with E-state index in [1.807, 2.05) is 13.8 Å². The molecule has 1 nitrogen and oxygen atoms in total. The highest BCUT2D eigenvalue weighted by atomic mass is 32.2. The van der Waals surface area contributed by atoms with Gasteiger partial charge in [-0.05, 0) is 37.1 Å². The first-order chi connectivity index (χ1) is 8.38. The summed E-state index contributed by atoms with van der Waals surface area (Å²) in [5.41, 5.74) is 5.47. The first-order valence-corrected chi connectivity index (χ1v) is 6.83. The number of rotatable bonds is 5. The second-order valence-electron chi connectivity index (χ2n) is 4.20. The molecule has 0 radical (unpaired) electrons. The number of hydrogen-bond donors (Lipinski definition) is 1. The third-order valence-corrected chi connectivity index (χ3v) is 4.03. The van der Waals surface area contributed by atoms with Crippen molar-refractivity contribution in [1.82, 2.24) is 0 Å². The van der Waals surface area contributed by atoms with Crippen molar-refractivity contribution in [2.24, 2.45) is 5.73 Å². The summed E-state index contributed by atoms with van der Waals surface area (Å²) in [4.78, 5) is 0.303. The first kappa shape index (κ1) is 15.4. The minimum absolute atomic E-state index is 0.173. The van der Waals surface area contributed by atoms with E-state index < -0.39 is 11.7 Å². The molecule has 0 aromatic heterocycles. The summed E-state index contributed by atoms with van der Waals surface area (Å²) < 4.78 is 38.9. The van der Waals surface area contributed by atoms with Gasteiger partial charge in [0.15, 0.2) is 0 Å². The topological polar surface area (TPSA) is 26.0 Å². The van der Waals surface area contributed by atoms with Crippen LogP contribution in [0.1, 0.15) is 31.4 Å². The van der Waals surface area contributed by atoms with Crippen LogP contribution in [-0.4, -0.2) is 11.8 Å². The van der Waals surface area contributed by atoms with Crippen LogP contribution in [0.2, 0.25) is 0 Å². The molecule has 0 saturated heterocycles. The molecule has 0 amide bonds. The normalized spacial score (nSPS) is 13.7. The van der Waals surface area contributed by atoms with Crippen molar-refractivity contribution in [1.29, 1.82) is 0 Å². The molecule has 102 valence electrons. The predicted molar refractivity (Wildman–Crippen MR) is 69.8 cm³/mol. The Kier molecular flexibility index (Phi) is 5.53. The number of alkyl halides is 3. The Morgan fingerprint density at radius 2 is 2.00 bits per heavy atom. The van der Waals surface area contributed by atoms with E-state index in [9.17, 15) is 13.2 Å². The molecule has 0 bridgehead atoms. The Morgan fingerprint density at radius 1 is 1.33 bits per heavy atom. The number of thioether (sulfide) groups is 1. The van der Waals surface area contributed by atoms with E-state index >= 15 is 0 Å². The van der Waals surface area contributed by atoms with Crippen molar-refractivity contribution in [2.75, 3.05) is 6.54 Å². The molecule has 0 aliphatic carbocycles. The molecule has 1 atom stereocenters. The molecule has 0 spiro atoms. The zero-order valence-corrected chi connectivity index (χ0v) is 11.4. The third kappa shape index (κ3) is 4.21. The molecule has 0 heterocycles. The predicted octanol–water partition coefficient (Wildman–Crippen LogP) is 4.10. The van der Waals surface area contributed by atoms with Gasteiger partial charge in [0.2, 0.25) is 0 Å². The quantitative estimate of drug-likeness (QED) is 0.820. The van der Waals surface area contributed by atoms with Crippen molar-refractivity contribution in [3.8, 4) is 0 Å². The number of benzene rings is 1. The van der Waals surface area contributed by atoms with E-state index in [-0.39, 0.29) is 5.25 Å². The van der Waals surface area contributed by atoms with Crippen LogP contribution in [0.5, 0.6) is 0 Å². The van der Waals surface area contributed by atoms with Crippen LogP contribution in [0, 0.1) is 0 Å². The minimum atomic E-state index is -4.31. The second kappa shape index (κ2) is 6.48. The lowest BCUT2D eigenvalue weighted by molar-refractivity contribution is -0.139. The summed E-state index contributed by atoms with van der Waals surface area (Å²) in [6.07, 6.45) is -3.00. The third-order valence-electron chi connectivity index (χ3n) is 2.69. The monoisotopic (exact) mass is 277 g/mol. The fourth-order valence-corrected chi connectivity index (χ4v) is 2.57. The summed E-state index contributed by atoms with van der Waals surface area (Å²) in [5, 5.41) is 0.173. The summed E-state index contributed by atoms with van der Waals surface area (Å²) in [5.74, 6) is 0.